The van der Waals surface area contributed by atoms with Crippen LogP contribution in [-0.2, 0) is 6.54 Å². The fourth-order valence-corrected chi connectivity index (χ4v) is 2.63. The van der Waals surface area contributed by atoms with Gasteiger partial charge in [0.1, 0.15) is 0 Å². The van der Waals surface area contributed by atoms with Gasteiger partial charge in [0.2, 0.25) is 0 Å². The lowest BCUT2D eigenvalue weighted by molar-refractivity contribution is 0.226. The molecular formula is C15H24N2. The summed E-state index contributed by atoms with van der Waals surface area (Å²) in [6.07, 6.45) is 1.33. The molecule has 0 radical (unpaired) electrons. The van der Waals surface area contributed by atoms with E-state index in [-0.39, 0.29) is 0 Å². The van der Waals surface area contributed by atoms with Crippen LogP contribution in [0, 0.1) is 11.3 Å². The summed E-state index contributed by atoms with van der Waals surface area (Å²) in [6.45, 7) is 10.5. The third kappa shape index (κ3) is 3.22. The number of nitrogen functional groups attached to an aromatic ring is 1. The van der Waals surface area contributed by atoms with E-state index in [9.17, 15) is 0 Å². The summed E-state index contributed by atoms with van der Waals surface area (Å²) >= 11 is 0. The maximum atomic E-state index is 5.81. The van der Waals surface area contributed by atoms with Gasteiger partial charge in [-0.2, -0.15) is 0 Å². The molecule has 0 saturated carbocycles. The summed E-state index contributed by atoms with van der Waals surface area (Å²) in [6, 6.07) is 8.25. The standard InChI is InChI=1S/C15H24N2/c1-15(2,3)13-7-8-17(11-13)10-12-5-4-6-14(16)9-12/h4-6,9,13H,7-8,10-11,16H2,1-3H3. The lowest BCUT2D eigenvalue weighted by atomic mass is 9.80. The summed E-state index contributed by atoms with van der Waals surface area (Å²) in [5.41, 5.74) is 8.45. The van der Waals surface area contributed by atoms with Crippen LogP contribution in [0.15, 0.2) is 24.3 Å². The van der Waals surface area contributed by atoms with Crippen LogP contribution in [0.25, 0.3) is 0 Å². The first-order valence-electron chi connectivity index (χ1n) is 6.52. The van der Waals surface area contributed by atoms with Crippen LogP contribution in [0.3, 0.4) is 0 Å². The number of likely N-dealkylation sites (tertiary alicyclic amines) is 1. The Morgan fingerprint density at radius 2 is 2.12 bits per heavy atom. The van der Waals surface area contributed by atoms with Crippen LogP contribution < -0.4 is 5.73 Å². The highest BCUT2D eigenvalue weighted by Crippen LogP contribution is 2.34. The molecule has 0 amide bonds. The molecule has 0 bridgehead atoms. The van der Waals surface area contributed by atoms with E-state index in [1.807, 2.05) is 12.1 Å². The first-order valence-corrected chi connectivity index (χ1v) is 6.52. The van der Waals surface area contributed by atoms with Crippen molar-refractivity contribution in [2.45, 2.75) is 33.7 Å². The van der Waals surface area contributed by atoms with Crippen molar-refractivity contribution in [3.8, 4) is 0 Å². The quantitative estimate of drug-likeness (QED) is 0.794. The molecule has 2 heteroatoms. The molecule has 0 aliphatic carbocycles. The van der Waals surface area contributed by atoms with Gasteiger partial charge in [-0.05, 0) is 42.0 Å². The lowest BCUT2D eigenvalue weighted by Crippen LogP contribution is -2.25. The van der Waals surface area contributed by atoms with E-state index in [1.54, 1.807) is 0 Å². The van der Waals surface area contributed by atoms with Crippen LogP contribution in [0.4, 0.5) is 5.69 Å². The van der Waals surface area contributed by atoms with Crippen molar-refractivity contribution in [3.63, 3.8) is 0 Å². The van der Waals surface area contributed by atoms with Gasteiger partial charge in [-0.15, -0.1) is 0 Å². The Bertz CT molecular complexity index is 379. The van der Waals surface area contributed by atoms with Crippen molar-refractivity contribution in [2.24, 2.45) is 11.3 Å². The third-order valence-corrected chi connectivity index (χ3v) is 3.85. The summed E-state index contributed by atoms with van der Waals surface area (Å²) < 4.78 is 0. The number of nitrogens with two attached hydrogens (primary N) is 1. The Labute approximate surface area is 105 Å². The maximum absolute atomic E-state index is 5.81. The van der Waals surface area contributed by atoms with Crippen molar-refractivity contribution >= 4 is 5.69 Å². The van der Waals surface area contributed by atoms with Gasteiger partial charge in [-0.25, -0.2) is 0 Å². The van der Waals surface area contributed by atoms with Crippen molar-refractivity contribution in [1.82, 2.24) is 4.90 Å². The Balaban J connectivity index is 1.94. The topological polar surface area (TPSA) is 29.3 Å². The van der Waals surface area contributed by atoms with Crippen molar-refractivity contribution < 1.29 is 0 Å². The third-order valence-electron chi connectivity index (χ3n) is 3.85. The monoisotopic (exact) mass is 232 g/mol. The summed E-state index contributed by atoms with van der Waals surface area (Å²) in [4.78, 5) is 2.55. The molecule has 0 aromatic heterocycles. The predicted molar refractivity (Wildman–Crippen MR) is 73.7 cm³/mol. The van der Waals surface area contributed by atoms with Gasteiger partial charge in [-0.1, -0.05) is 32.9 Å². The van der Waals surface area contributed by atoms with Gasteiger partial charge in [0.05, 0.1) is 0 Å². The molecule has 2 N–H and O–H groups in total. The van der Waals surface area contributed by atoms with Crippen molar-refractivity contribution in [1.29, 1.82) is 0 Å². The second kappa shape index (κ2) is 4.69. The van der Waals surface area contributed by atoms with E-state index >= 15 is 0 Å². The predicted octanol–water partition coefficient (Wildman–Crippen LogP) is 3.14. The van der Waals surface area contributed by atoms with Crippen molar-refractivity contribution in [2.75, 3.05) is 18.8 Å². The molecule has 1 aliphatic heterocycles. The van der Waals surface area contributed by atoms with Crippen LogP contribution in [0.2, 0.25) is 0 Å². The Kier molecular flexibility index (Phi) is 3.43. The molecule has 0 spiro atoms. The van der Waals surface area contributed by atoms with E-state index < -0.39 is 0 Å². The first-order chi connectivity index (χ1) is 7.95. The molecular weight excluding hydrogens is 208 g/mol. The van der Waals surface area contributed by atoms with Crippen LogP contribution in [0.1, 0.15) is 32.8 Å². The molecule has 1 aliphatic rings. The largest absolute Gasteiger partial charge is 0.399 e. The maximum Gasteiger partial charge on any atom is 0.0317 e. The zero-order chi connectivity index (χ0) is 12.5. The Morgan fingerprint density at radius 1 is 1.35 bits per heavy atom. The fraction of sp³-hybridized carbons (Fsp3) is 0.600. The van der Waals surface area contributed by atoms with E-state index in [0.717, 1.165) is 18.2 Å². The van der Waals surface area contributed by atoms with Gasteiger partial charge < -0.3 is 5.73 Å². The number of anilines is 1. The SMILES string of the molecule is CC(C)(C)C1CCN(Cc2cccc(N)c2)C1. The second-order valence-corrected chi connectivity index (χ2v) is 6.33. The Morgan fingerprint density at radius 3 is 2.71 bits per heavy atom. The van der Waals surface area contributed by atoms with Crippen LogP contribution in [-0.4, -0.2) is 18.0 Å². The molecule has 1 unspecified atom stereocenters. The zero-order valence-corrected chi connectivity index (χ0v) is 11.2. The highest BCUT2D eigenvalue weighted by molar-refractivity contribution is 5.40. The van der Waals surface area contributed by atoms with Crippen LogP contribution in [0.5, 0.6) is 0 Å². The van der Waals surface area contributed by atoms with Gasteiger partial charge in [0, 0.05) is 18.8 Å². The van der Waals surface area contributed by atoms with E-state index in [0.29, 0.717) is 5.41 Å². The van der Waals surface area contributed by atoms with Crippen molar-refractivity contribution in [3.05, 3.63) is 29.8 Å². The second-order valence-electron chi connectivity index (χ2n) is 6.33. The fourth-order valence-electron chi connectivity index (χ4n) is 2.63. The molecule has 2 nitrogen and oxygen atoms in total. The lowest BCUT2D eigenvalue weighted by Gasteiger charge is -2.27. The summed E-state index contributed by atoms with van der Waals surface area (Å²) in [7, 11) is 0. The molecule has 94 valence electrons. The van der Waals surface area contributed by atoms with Gasteiger partial charge in [0.25, 0.3) is 0 Å². The molecule has 17 heavy (non-hydrogen) atoms. The Hall–Kier alpha value is -1.02. The van der Waals surface area contributed by atoms with E-state index in [4.69, 9.17) is 5.73 Å². The number of hydrogen-bond acceptors (Lipinski definition) is 2. The molecule has 1 saturated heterocycles. The minimum absolute atomic E-state index is 0.435. The minimum Gasteiger partial charge on any atom is -0.399 e. The normalized spacial score (nSPS) is 21.9. The smallest absolute Gasteiger partial charge is 0.0317 e. The number of rotatable bonds is 2. The minimum atomic E-state index is 0.435. The van der Waals surface area contributed by atoms with Gasteiger partial charge in [0.15, 0.2) is 0 Å². The highest BCUT2D eigenvalue weighted by Gasteiger charge is 2.31. The molecule has 1 atom stereocenters. The average molecular weight is 232 g/mol. The molecule has 1 aromatic carbocycles. The number of nitrogens with zero attached hydrogens (tertiary/aromatic N) is 1. The summed E-state index contributed by atoms with van der Waals surface area (Å²) in [5, 5.41) is 0. The van der Waals surface area contributed by atoms with E-state index in [2.05, 4.69) is 37.8 Å². The molecule has 1 aromatic rings. The van der Waals surface area contributed by atoms with Gasteiger partial charge in [-0.3, -0.25) is 4.90 Å². The first kappa shape index (κ1) is 12.4. The zero-order valence-electron chi connectivity index (χ0n) is 11.2. The van der Waals surface area contributed by atoms with E-state index in [1.165, 1.54) is 25.1 Å². The van der Waals surface area contributed by atoms with Gasteiger partial charge >= 0.3 is 0 Å². The number of benzene rings is 1. The van der Waals surface area contributed by atoms with Crippen LogP contribution >= 0.6 is 0 Å². The molecule has 1 heterocycles. The molecule has 2 rings (SSSR count). The summed E-state index contributed by atoms with van der Waals surface area (Å²) in [5.74, 6) is 0.823. The average Bonchev–Trinajstić information content (AvgIpc) is 2.65. The molecule has 1 fully saturated rings. The highest BCUT2D eigenvalue weighted by atomic mass is 15.1. The number of hydrogen-bond donors (Lipinski definition) is 1.